The summed E-state index contributed by atoms with van der Waals surface area (Å²) in [7, 11) is 2.22. The van der Waals surface area contributed by atoms with Crippen LogP contribution in [0.2, 0.25) is 0 Å². The molecule has 2 heterocycles. The van der Waals surface area contributed by atoms with Crippen LogP contribution in [-0.4, -0.2) is 30.6 Å². The van der Waals surface area contributed by atoms with Crippen LogP contribution in [0.15, 0.2) is 24.3 Å². The van der Waals surface area contributed by atoms with Crippen LogP contribution in [0.25, 0.3) is 0 Å². The van der Waals surface area contributed by atoms with Gasteiger partial charge in [0, 0.05) is 6.04 Å². The van der Waals surface area contributed by atoms with Gasteiger partial charge in [-0.25, -0.2) is 0 Å². The average Bonchev–Trinajstić information content (AvgIpc) is 2.75. The van der Waals surface area contributed by atoms with Crippen molar-refractivity contribution in [2.75, 3.05) is 13.6 Å². The summed E-state index contributed by atoms with van der Waals surface area (Å²) in [6, 6.07) is 9.10. The lowest BCUT2D eigenvalue weighted by Gasteiger charge is -2.33. The van der Waals surface area contributed by atoms with Gasteiger partial charge in [-0.1, -0.05) is 18.2 Å². The highest BCUT2D eigenvalue weighted by Crippen LogP contribution is 2.31. The molecule has 0 N–H and O–H groups in total. The summed E-state index contributed by atoms with van der Waals surface area (Å²) in [6.45, 7) is 1.23. The standard InChI is InChI=1S/C14H19NO/c1-15-10-4-6-12(15)14-9-8-11-5-2-3-7-13(11)16-14/h2-3,5,7,12,14H,4,6,8-10H2,1H3. The second kappa shape index (κ2) is 4.10. The molecule has 0 radical (unpaired) electrons. The number of hydrogen-bond acceptors (Lipinski definition) is 2. The zero-order valence-electron chi connectivity index (χ0n) is 9.86. The van der Waals surface area contributed by atoms with Gasteiger partial charge < -0.3 is 4.74 Å². The van der Waals surface area contributed by atoms with Gasteiger partial charge in [0.15, 0.2) is 0 Å². The van der Waals surface area contributed by atoms with Crippen LogP contribution in [0.1, 0.15) is 24.8 Å². The molecule has 1 fully saturated rings. The smallest absolute Gasteiger partial charge is 0.122 e. The molecule has 2 aliphatic heterocycles. The number of benzene rings is 1. The van der Waals surface area contributed by atoms with E-state index in [1.165, 1.54) is 37.8 Å². The highest BCUT2D eigenvalue weighted by atomic mass is 16.5. The van der Waals surface area contributed by atoms with Crippen LogP contribution >= 0.6 is 0 Å². The number of fused-ring (bicyclic) bond motifs is 1. The summed E-state index contributed by atoms with van der Waals surface area (Å²) < 4.78 is 6.14. The van der Waals surface area contributed by atoms with Gasteiger partial charge in [0.25, 0.3) is 0 Å². The topological polar surface area (TPSA) is 12.5 Å². The van der Waals surface area contributed by atoms with Crippen molar-refractivity contribution in [3.63, 3.8) is 0 Å². The molecule has 0 spiro atoms. The molecule has 2 nitrogen and oxygen atoms in total. The highest BCUT2D eigenvalue weighted by molar-refractivity contribution is 5.35. The number of likely N-dealkylation sites (N-methyl/N-ethyl adjacent to an activating group) is 1. The van der Waals surface area contributed by atoms with Crippen molar-refractivity contribution in [2.24, 2.45) is 0 Å². The number of aryl methyl sites for hydroxylation is 1. The van der Waals surface area contributed by atoms with E-state index in [-0.39, 0.29) is 0 Å². The van der Waals surface area contributed by atoms with Gasteiger partial charge in [0.05, 0.1) is 0 Å². The van der Waals surface area contributed by atoms with E-state index in [9.17, 15) is 0 Å². The number of nitrogens with zero attached hydrogens (tertiary/aromatic N) is 1. The molecule has 2 atom stereocenters. The molecule has 86 valence electrons. The summed E-state index contributed by atoms with van der Waals surface area (Å²) in [5.74, 6) is 1.11. The number of hydrogen-bond donors (Lipinski definition) is 0. The van der Waals surface area contributed by atoms with Crippen molar-refractivity contribution < 1.29 is 4.74 Å². The SMILES string of the molecule is CN1CCCC1C1CCc2ccccc2O1. The molecule has 1 aromatic carbocycles. The zero-order valence-corrected chi connectivity index (χ0v) is 9.86. The van der Waals surface area contributed by atoms with Crippen LogP contribution in [0.4, 0.5) is 0 Å². The third kappa shape index (κ3) is 1.71. The highest BCUT2D eigenvalue weighted by Gasteiger charge is 2.32. The maximum Gasteiger partial charge on any atom is 0.122 e. The number of para-hydroxylation sites is 1. The first-order valence-corrected chi connectivity index (χ1v) is 6.29. The Balaban J connectivity index is 1.77. The summed E-state index contributed by atoms with van der Waals surface area (Å²) in [5.41, 5.74) is 1.37. The van der Waals surface area contributed by atoms with Gasteiger partial charge in [0.2, 0.25) is 0 Å². The average molecular weight is 217 g/mol. The molecule has 3 rings (SSSR count). The summed E-state index contributed by atoms with van der Waals surface area (Å²) in [4.78, 5) is 2.46. The Bertz CT molecular complexity index is 377. The molecule has 0 amide bonds. The summed E-state index contributed by atoms with van der Waals surface area (Å²) in [5, 5.41) is 0. The lowest BCUT2D eigenvalue weighted by atomic mass is 9.97. The Kier molecular flexibility index (Phi) is 2.60. The minimum Gasteiger partial charge on any atom is -0.489 e. The van der Waals surface area contributed by atoms with E-state index in [0.29, 0.717) is 12.1 Å². The monoisotopic (exact) mass is 217 g/mol. The fourth-order valence-electron chi connectivity index (χ4n) is 3.02. The first-order valence-electron chi connectivity index (χ1n) is 6.29. The fraction of sp³-hybridized carbons (Fsp3) is 0.571. The molecule has 2 unspecified atom stereocenters. The predicted molar refractivity (Wildman–Crippen MR) is 64.8 cm³/mol. The minimum absolute atomic E-state index is 0.405. The van der Waals surface area contributed by atoms with Gasteiger partial charge >= 0.3 is 0 Å². The fourth-order valence-corrected chi connectivity index (χ4v) is 3.02. The van der Waals surface area contributed by atoms with Crippen molar-refractivity contribution in [3.05, 3.63) is 29.8 Å². The molecule has 2 aliphatic rings. The van der Waals surface area contributed by atoms with Gasteiger partial charge in [-0.3, -0.25) is 4.90 Å². The van der Waals surface area contributed by atoms with E-state index in [1.54, 1.807) is 0 Å². The molecule has 2 heteroatoms. The Morgan fingerprint density at radius 3 is 2.94 bits per heavy atom. The lowest BCUT2D eigenvalue weighted by molar-refractivity contribution is 0.0886. The Morgan fingerprint density at radius 2 is 2.12 bits per heavy atom. The van der Waals surface area contributed by atoms with Crippen LogP contribution < -0.4 is 4.74 Å². The van der Waals surface area contributed by atoms with Crippen LogP contribution in [-0.2, 0) is 6.42 Å². The number of likely N-dealkylation sites (tertiary alicyclic amines) is 1. The van der Waals surface area contributed by atoms with Crippen molar-refractivity contribution in [1.29, 1.82) is 0 Å². The molecule has 0 aliphatic carbocycles. The molecular formula is C14H19NO. The third-order valence-electron chi connectivity index (χ3n) is 3.96. The van der Waals surface area contributed by atoms with Crippen molar-refractivity contribution in [3.8, 4) is 5.75 Å². The maximum atomic E-state index is 6.14. The predicted octanol–water partition coefficient (Wildman–Crippen LogP) is 2.47. The molecule has 1 saturated heterocycles. The van der Waals surface area contributed by atoms with E-state index in [4.69, 9.17) is 4.74 Å². The minimum atomic E-state index is 0.405. The van der Waals surface area contributed by atoms with E-state index in [1.807, 2.05) is 0 Å². The quantitative estimate of drug-likeness (QED) is 0.716. The Morgan fingerprint density at radius 1 is 1.25 bits per heavy atom. The summed E-state index contributed by atoms with van der Waals surface area (Å²) >= 11 is 0. The normalized spacial score (nSPS) is 29.8. The van der Waals surface area contributed by atoms with Crippen molar-refractivity contribution in [1.82, 2.24) is 4.90 Å². The summed E-state index contributed by atoms with van der Waals surface area (Å²) in [6.07, 6.45) is 5.37. The van der Waals surface area contributed by atoms with Crippen LogP contribution in [0, 0.1) is 0 Å². The second-order valence-corrected chi connectivity index (χ2v) is 4.99. The first-order chi connectivity index (χ1) is 7.84. The Labute approximate surface area is 97.2 Å². The zero-order chi connectivity index (χ0) is 11.0. The molecule has 0 saturated carbocycles. The largest absolute Gasteiger partial charge is 0.489 e. The van der Waals surface area contributed by atoms with Gasteiger partial charge in [-0.15, -0.1) is 0 Å². The van der Waals surface area contributed by atoms with Crippen molar-refractivity contribution in [2.45, 2.75) is 37.8 Å². The lowest BCUT2D eigenvalue weighted by Crippen LogP contribution is -2.41. The van der Waals surface area contributed by atoms with E-state index in [2.05, 4.69) is 36.2 Å². The third-order valence-corrected chi connectivity index (χ3v) is 3.96. The molecule has 0 aromatic heterocycles. The van der Waals surface area contributed by atoms with E-state index in [0.717, 1.165) is 5.75 Å². The molecule has 16 heavy (non-hydrogen) atoms. The van der Waals surface area contributed by atoms with E-state index < -0.39 is 0 Å². The van der Waals surface area contributed by atoms with Crippen LogP contribution in [0.5, 0.6) is 5.75 Å². The molecule has 1 aromatic rings. The van der Waals surface area contributed by atoms with Gasteiger partial charge in [-0.05, 0) is 50.9 Å². The molecule has 0 bridgehead atoms. The molecular weight excluding hydrogens is 198 g/mol. The van der Waals surface area contributed by atoms with E-state index >= 15 is 0 Å². The maximum absolute atomic E-state index is 6.14. The van der Waals surface area contributed by atoms with Gasteiger partial charge in [-0.2, -0.15) is 0 Å². The first kappa shape index (κ1) is 10.2. The number of ether oxygens (including phenoxy) is 1. The number of rotatable bonds is 1. The van der Waals surface area contributed by atoms with Crippen molar-refractivity contribution >= 4 is 0 Å². The van der Waals surface area contributed by atoms with Gasteiger partial charge in [0.1, 0.15) is 11.9 Å². The Hall–Kier alpha value is -1.02. The second-order valence-electron chi connectivity index (χ2n) is 4.99. The van der Waals surface area contributed by atoms with Crippen LogP contribution in [0.3, 0.4) is 0 Å².